The molecule has 0 radical (unpaired) electrons. The molecule has 5 heteroatoms. The van der Waals surface area contributed by atoms with Crippen molar-refractivity contribution >= 4 is 11.8 Å². The zero-order chi connectivity index (χ0) is 25.8. The van der Waals surface area contributed by atoms with Crippen molar-refractivity contribution in [3.8, 4) is 0 Å². The third kappa shape index (κ3) is 5.46. The van der Waals surface area contributed by atoms with Crippen molar-refractivity contribution in [2.45, 2.75) is 78.4 Å². The Hall–Kier alpha value is -2.40. The number of ketones is 1. The first-order valence-corrected chi connectivity index (χ1v) is 14.0. The van der Waals surface area contributed by atoms with E-state index >= 15 is 0 Å². The molecule has 4 rings (SSSR count). The van der Waals surface area contributed by atoms with Gasteiger partial charge in [-0.25, -0.2) is 0 Å². The van der Waals surface area contributed by atoms with E-state index < -0.39 is 11.9 Å². The quantitative estimate of drug-likeness (QED) is 0.224. The lowest BCUT2D eigenvalue weighted by molar-refractivity contribution is -0.152. The zero-order valence-electron chi connectivity index (χ0n) is 22.2. The molecule has 3 aliphatic rings. The lowest BCUT2D eigenvalue weighted by atomic mass is 9.68. The van der Waals surface area contributed by atoms with Crippen molar-refractivity contribution in [2.75, 3.05) is 0 Å². The molecule has 1 saturated heterocycles. The lowest BCUT2D eigenvalue weighted by Crippen LogP contribution is -2.40. The second-order valence-electron chi connectivity index (χ2n) is 11.2. The van der Waals surface area contributed by atoms with Crippen LogP contribution in [0.15, 0.2) is 54.3 Å². The first-order chi connectivity index (χ1) is 17.3. The standard InChI is InChI=1S/C31H43NO4/c1-5-21-13-16-25-24(21)15-14-23(28(25)29(33)26-11-8-18-32-26)10-7-9-22(6-2)30-19(3)12-17-27(36-30)20(4)31(34)35/h7-11,14-15,18-21,23-25,27-28,30,32H,5-6,12-13,16-17H2,1-4H3,(H,34,35)/b10-7+,22-9+/t19-,20+,21-,23+,24-,25+,27+,28+,30+/m0/s1. The Morgan fingerprint density at radius 1 is 1.19 bits per heavy atom. The molecule has 1 aromatic heterocycles. The third-order valence-corrected chi connectivity index (χ3v) is 9.14. The van der Waals surface area contributed by atoms with E-state index in [1.54, 1.807) is 6.92 Å². The number of allylic oxidation sites excluding steroid dienone is 5. The summed E-state index contributed by atoms with van der Waals surface area (Å²) in [4.78, 5) is 28.3. The fourth-order valence-corrected chi connectivity index (χ4v) is 6.88. The number of carbonyl (C=O) groups is 2. The van der Waals surface area contributed by atoms with Gasteiger partial charge in [0.05, 0.1) is 23.8 Å². The fraction of sp³-hybridized carbons (Fsp3) is 0.613. The number of aliphatic carboxylic acids is 1. The van der Waals surface area contributed by atoms with Gasteiger partial charge in [0, 0.05) is 18.0 Å². The van der Waals surface area contributed by atoms with Crippen LogP contribution in [0.25, 0.3) is 0 Å². The minimum Gasteiger partial charge on any atom is -0.481 e. The van der Waals surface area contributed by atoms with Crippen molar-refractivity contribution in [1.29, 1.82) is 0 Å². The Bertz CT molecular complexity index is 990. The van der Waals surface area contributed by atoms with E-state index in [4.69, 9.17) is 4.74 Å². The Labute approximate surface area is 216 Å². The van der Waals surface area contributed by atoms with Crippen LogP contribution in [0.2, 0.25) is 0 Å². The normalized spacial score (nSPS) is 35.6. The number of Topliss-reactive ketones (excluding diaryl/α,β-unsaturated/α-hetero) is 1. The second kappa shape index (κ2) is 11.8. The van der Waals surface area contributed by atoms with Crippen LogP contribution in [0.5, 0.6) is 0 Å². The highest BCUT2D eigenvalue weighted by molar-refractivity contribution is 5.97. The smallest absolute Gasteiger partial charge is 0.308 e. The molecule has 2 N–H and O–H groups in total. The summed E-state index contributed by atoms with van der Waals surface area (Å²) >= 11 is 0. The number of aromatic nitrogens is 1. The van der Waals surface area contributed by atoms with Crippen LogP contribution in [-0.2, 0) is 9.53 Å². The first kappa shape index (κ1) is 26.7. The topological polar surface area (TPSA) is 79.4 Å². The van der Waals surface area contributed by atoms with Crippen molar-refractivity contribution in [1.82, 2.24) is 4.98 Å². The van der Waals surface area contributed by atoms with Crippen molar-refractivity contribution in [2.24, 2.45) is 41.4 Å². The lowest BCUT2D eigenvalue weighted by Gasteiger charge is -2.38. The van der Waals surface area contributed by atoms with Crippen LogP contribution in [0.4, 0.5) is 0 Å². The van der Waals surface area contributed by atoms with E-state index in [0.717, 1.165) is 25.7 Å². The van der Waals surface area contributed by atoms with Gasteiger partial charge in [-0.3, -0.25) is 9.59 Å². The number of ether oxygens (including phenoxy) is 1. The molecule has 1 aromatic rings. The van der Waals surface area contributed by atoms with Crippen LogP contribution >= 0.6 is 0 Å². The SMILES string of the molecule is CC/C(=C\C=C\[C@@H]1C=C[C@H]2[C@@H](CC)CC[C@H]2[C@@H]1C(=O)c1ccc[nH]1)[C@@H]1O[C@@H]([C@@H](C)C(=O)O)CC[C@@H]1C. The molecule has 0 amide bonds. The zero-order valence-corrected chi connectivity index (χ0v) is 22.2. The number of carboxylic acids is 1. The Balaban J connectivity index is 1.55. The molecule has 0 spiro atoms. The van der Waals surface area contributed by atoms with Crippen molar-refractivity contribution in [3.63, 3.8) is 0 Å². The number of hydrogen-bond donors (Lipinski definition) is 2. The average Bonchev–Trinajstić information content (AvgIpc) is 3.56. The van der Waals surface area contributed by atoms with Gasteiger partial charge in [0.1, 0.15) is 0 Å². The Kier molecular flexibility index (Phi) is 8.71. The molecule has 196 valence electrons. The fourth-order valence-electron chi connectivity index (χ4n) is 6.88. The molecule has 9 atom stereocenters. The van der Waals surface area contributed by atoms with Gasteiger partial charge in [0.25, 0.3) is 0 Å². The number of hydrogen-bond acceptors (Lipinski definition) is 3. The van der Waals surface area contributed by atoms with Crippen LogP contribution in [0.1, 0.15) is 76.7 Å². The van der Waals surface area contributed by atoms with Gasteiger partial charge in [-0.1, -0.05) is 57.6 Å². The average molecular weight is 494 g/mol. The predicted octanol–water partition coefficient (Wildman–Crippen LogP) is 6.85. The van der Waals surface area contributed by atoms with Crippen LogP contribution in [0, 0.1) is 41.4 Å². The molecular weight excluding hydrogens is 450 g/mol. The number of fused-ring (bicyclic) bond motifs is 1. The summed E-state index contributed by atoms with van der Waals surface area (Å²) in [5.41, 5.74) is 1.90. The molecule has 2 heterocycles. The van der Waals surface area contributed by atoms with Gasteiger partial charge in [0.2, 0.25) is 0 Å². The predicted molar refractivity (Wildman–Crippen MR) is 143 cm³/mol. The third-order valence-electron chi connectivity index (χ3n) is 9.14. The highest BCUT2D eigenvalue weighted by Gasteiger charge is 2.45. The van der Waals surface area contributed by atoms with E-state index in [0.29, 0.717) is 29.4 Å². The van der Waals surface area contributed by atoms with E-state index in [9.17, 15) is 14.7 Å². The summed E-state index contributed by atoms with van der Waals surface area (Å²) in [7, 11) is 0. The minimum absolute atomic E-state index is 0.0458. The Morgan fingerprint density at radius 3 is 2.67 bits per heavy atom. The molecule has 36 heavy (non-hydrogen) atoms. The number of rotatable bonds is 9. The maximum atomic E-state index is 13.6. The summed E-state index contributed by atoms with van der Waals surface area (Å²) in [6.45, 7) is 8.33. The van der Waals surface area contributed by atoms with E-state index in [2.05, 4.69) is 56.1 Å². The van der Waals surface area contributed by atoms with Crippen molar-refractivity contribution < 1.29 is 19.4 Å². The molecule has 2 aliphatic carbocycles. The van der Waals surface area contributed by atoms with Crippen LogP contribution in [-0.4, -0.2) is 34.1 Å². The number of carbonyl (C=O) groups excluding carboxylic acids is 1. The maximum Gasteiger partial charge on any atom is 0.308 e. The van der Waals surface area contributed by atoms with Gasteiger partial charge < -0.3 is 14.8 Å². The molecule has 5 nitrogen and oxygen atoms in total. The largest absolute Gasteiger partial charge is 0.481 e. The summed E-state index contributed by atoms with van der Waals surface area (Å²) in [5.74, 6) is 0.846. The summed E-state index contributed by atoms with van der Waals surface area (Å²) in [6, 6.07) is 3.80. The summed E-state index contributed by atoms with van der Waals surface area (Å²) in [5, 5.41) is 9.46. The monoisotopic (exact) mass is 493 g/mol. The number of nitrogens with one attached hydrogen (secondary N) is 1. The summed E-state index contributed by atoms with van der Waals surface area (Å²) in [6.07, 6.45) is 18.7. The molecule has 2 fully saturated rings. The first-order valence-electron chi connectivity index (χ1n) is 14.0. The second-order valence-corrected chi connectivity index (χ2v) is 11.2. The maximum absolute atomic E-state index is 13.6. The highest BCUT2D eigenvalue weighted by Crippen LogP contribution is 2.49. The minimum atomic E-state index is -0.799. The highest BCUT2D eigenvalue weighted by atomic mass is 16.5. The van der Waals surface area contributed by atoms with E-state index in [-0.39, 0.29) is 29.8 Å². The van der Waals surface area contributed by atoms with Gasteiger partial charge in [0.15, 0.2) is 5.78 Å². The van der Waals surface area contributed by atoms with E-state index in [1.165, 1.54) is 18.4 Å². The van der Waals surface area contributed by atoms with Gasteiger partial charge in [-0.05, 0) is 80.4 Å². The molecule has 0 aromatic carbocycles. The number of H-pyrrole nitrogens is 1. The number of carboxylic acid groups (broad SMARTS) is 1. The van der Waals surface area contributed by atoms with Gasteiger partial charge >= 0.3 is 5.97 Å². The van der Waals surface area contributed by atoms with Crippen molar-refractivity contribution in [3.05, 3.63) is 60.0 Å². The van der Waals surface area contributed by atoms with Crippen LogP contribution in [0.3, 0.4) is 0 Å². The molecule has 1 saturated carbocycles. The Morgan fingerprint density at radius 2 is 2.00 bits per heavy atom. The molecule has 1 aliphatic heterocycles. The van der Waals surface area contributed by atoms with Crippen LogP contribution < -0.4 is 0 Å². The number of aromatic amines is 1. The van der Waals surface area contributed by atoms with E-state index in [1.807, 2.05) is 18.3 Å². The molecular formula is C31H43NO4. The molecule has 0 unspecified atom stereocenters. The van der Waals surface area contributed by atoms with Gasteiger partial charge in [-0.15, -0.1) is 0 Å². The molecule has 0 bridgehead atoms. The van der Waals surface area contributed by atoms with Gasteiger partial charge in [-0.2, -0.15) is 0 Å². The summed E-state index contributed by atoms with van der Waals surface area (Å²) < 4.78 is 6.35.